The summed E-state index contributed by atoms with van der Waals surface area (Å²) < 4.78 is 0.671. The summed E-state index contributed by atoms with van der Waals surface area (Å²) in [5.74, 6) is 1.02. The molecule has 0 radical (unpaired) electrons. The molecule has 1 unspecified atom stereocenters. The van der Waals surface area contributed by atoms with Crippen LogP contribution in [0.15, 0.2) is 10.7 Å². The van der Waals surface area contributed by atoms with Crippen molar-refractivity contribution >= 4 is 27.7 Å². The van der Waals surface area contributed by atoms with Gasteiger partial charge in [0.25, 0.3) is 0 Å². The van der Waals surface area contributed by atoms with E-state index in [-0.39, 0.29) is 6.10 Å². The molecule has 1 aromatic rings. The average molecular weight is 273 g/mol. The Morgan fingerprint density at radius 3 is 3.00 bits per heavy atom. The molecule has 82 valence electrons. The molecule has 5 nitrogen and oxygen atoms in total. The van der Waals surface area contributed by atoms with Crippen molar-refractivity contribution < 1.29 is 5.11 Å². The number of nitrogen functional groups attached to an aromatic ring is 1. The summed E-state index contributed by atoms with van der Waals surface area (Å²) in [7, 11) is 0. The Balaban J connectivity index is 2.20. The van der Waals surface area contributed by atoms with E-state index in [0.29, 0.717) is 22.9 Å². The molecule has 3 N–H and O–H groups in total. The van der Waals surface area contributed by atoms with Gasteiger partial charge in [-0.3, -0.25) is 0 Å². The number of halogens is 1. The minimum absolute atomic E-state index is 0.289. The van der Waals surface area contributed by atoms with Gasteiger partial charge in [0.2, 0.25) is 5.95 Å². The highest BCUT2D eigenvalue weighted by atomic mass is 79.9. The third-order valence-corrected chi connectivity index (χ3v) is 2.79. The van der Waals surface area contributed by atoms with Crippen LogP contribution in [0.3, 0.4) is 0 Å². The molecule has 1 saturated heterocycles. The van der Waals surface area contributed by atoms with Gasteiger partial charge in [-0.1, -0.05) is 0 Å². The first-order valence-corrected chi connectivity index (χ1v) is 5.67. The fraction of sp³-hybridized carbons (Fsp3) is 0.556. The minimum atomic E-state index is -0.289. The van der Waals surface area contributed by atoms with E-state index in [0.717, 1.165) is 19.4 Å². The fourth-order valence-corrected chi connectivity index (χ4v) is 2.09. The van der Waals surface area contributed by atoms with Crippen LogP contribution in [-0.4, -0.2) is 34.3 Å². The molecule has 0 aromatic carbocycles. The molecule has 1 fully saturated rings. The highest BCUT2D eigenvalue weighted by Crippen LogP contribution is 2.19. The summed E-state index contributed by atoms with van der Waals surface area (Å²) >= 11 is 3.27. The van der Waals surface area contributed by atoms with Crippen LogP contribution in [-0.2, 0) is 0 Å². The molecule has 1 aromatic heterocycles. The number of aliphatic hydroxyl groups excluding tert-OH is 1. The number of nitrogens with two attached hydrogens (primary N) is 1. The number of aromatic nitrogens is 2. The molecule has 1 atom stereocenters. The predicted octanol–water partition coefficient (Wildman–Crippen LogP) is 0.782. The number of nitrogens with zero attached hydrogens (tertiary/aromatic N) is 3. The summed E-state index contributed by atoms with van der Waals surface area (Å²) in [5, 5.41) is 9.54. The first-order valence-electron chi connectivity index (χ1n) is 4.88. The van der Waals surface area contributed by atoms with Gasteiger partial charge in [0.15, 0.2) is 0 Å². The number of aliphatic hydroxyl groups is 1. The molecule has 2 heterocycles. The van der Waals surface area contributed by atoms with Gasteiger partial charge in [0, 0.05) is 19.2 Å². The lowest BCUT2D eigenvalue weighted by molar-refractivity contribution is 0.153. The Morgan fingerprint density at radius 2 is 2.33 bits per heavy atom. The van der Waals surface area contributed by atoms with Gasteiger partial charge in [-0.15, -0.1) is 0 Å². The average Bonchev–Trinajstić information content (AvgIpc) is 2.16. The Morgan fingerprint density at radius 1 is 1.53 bits per heavy atom. The molecule has 0 saturated carbocycles. The summed E-state index contributed by atoms with van der Waals surface area (Å²) in [6, 6.07) is 1.66. The van der Waals surface area contributed by atoms with E-state index in [2.05, 4.69) is 25.9 Å². The number of hydrogen-bond donors (Lipinski definition) is 2. The molecule has 0 bridgehead atoms. The Bertz CT molecular complexity index is 340. The number of rotatable bonds is 1. The zero-order valence-electron chi connectivity index (χ0n) is 8.23. The number of anilines is 2. The zero-order chi connectivity index (χ0) is 10.8. The molecule has 0 amide bonds. The maximum Gasteiger partial charge on any atom is 0.228 e. The van der Waals surface area contributed by atoms with Crippen molar-refractivity contribution in [2.75, 3.05) is 23.7 Å². The van der Waals surface area contributed by atoms with Gasteiger partial charge in [0.1, 0.15) is 10.4 Å². The molecule has 0 spiro atoms. The SMILES string of the molecule is Nc1cc(Br)nc(N2CCCC(O)C2)n1. The van der Waals surface area contributed by atoms with Crippen LogP contribution in [0.4, 0.5) is 11.8 Å². The quantitative estimate of drug-likeness (QED) is 0.740. The van der Waals surface area contributed by atoms with Crippen molar-refractivity contribution in [1.29, 1.82) is 0 Å². The lowest BCUT2D eigenvalue weighted by Crippen LogP contribution is -2.39. The van der Waals surface area contributed by atoms with Crippen molar-refractivity contribution in [2.45, 2.75) is 18.9 Å². The Kier molecular flexibility index (Phi) is 3.06. The second-order valence-electron chi connectivity index (χ2n) is 3.66. The number of β-amino-alcohol motifs (C(OH)–C–C–N with tert-alkyl or cyclic N) is 1. The fourth-order valence-electron chi connectivity index (χ4n) is 1.70. The number of piperidine rings is 1. The first-order chi connectivity index (χ1) is 7.15. The van der Waals surface area contributed by atoms with Crippen LogP contribution < -0.4 is 10.6 Å². The largest absolute Gasteiger partial charge is 0.391 e. The smallest absolute Gasteiger partial charge is 0.228 e. The maximum atomic E-state index is 9.54. The lowest BCUT2D eigenvalue weighted by atomic mass is 10.1. The molecule has 1 aliphatic rings. The summed E-state index contributed by atoms with van der Waals surface area (Å²) in [4.78, 5) is 10.3. The van der Waals surface area contributed by atoms with Crippen LogP contribution >= 0.6 is 15.9 Å². The third kappa shape index (κ3) is 2.57. The van der Waals surface area contributed by atoms with E-state index < -0.39 is 0 Å². The van der Waals surface area contributed by atoms with Crippen LogP contribution in [0.25, 0.3) is 0 Å². The van der Waals surface area contributed by atoms with E-state index in [9.17, 15) is 5.11 Å². The van der Waals surface area contributed by atoms with Gasteiger partial charge in [-0.2, -0.15) is 4.98 Å². The van der Waals surface area contributed by atoms with Crippen molar-refractivity contribution in [3.63, 3.8) is 0 Å². The molecular formula is C9H13BrN4O. The highest BCUT2D eigenvalue weighted by molar-refractivity contribution is 9.10. The van der Waals surface area contributed by atoms with Gasteiger partial charge in [-0.05, 0) is 28.8 Å². The Labute approximate surface area is 96.5 Å². The summed E-state index contributed by atoms with van der Waals surface area (Å²) in [6.07, 6.45) is 1.51. The molecular weight excluding hydrogens is 260 g/mol. The van der Waals surface area contributed by atoms with Crippen molar-refractivity contribution in [3.05, 3.63) is 10.7 Å². The van der Waals surface area contributed by atoms with Gasteiger partial charge >= 0.3 is 0 Å². The van der Waals surface area contributed by atoms with Crippen molar-refractivity contribution in [1.82, 2.24) is 9.97 Å². The monoisotopic (exact) mass is 272 g/mol. The highest BCUT2D eigenvalue weighted by Gasteiger charge is 2.20. The van der Waals surface area contributed by atoms with Crippen molar-refractivity contribution in [2.24, 2.45) is 0 Å². The van der Waals surface area contributed by atoms with E-state index >= 15 is 0 Å². The van der Waals surface area contributed by atoms with Gasteiger partial charge < -0.3 is 15.7 Å². The van der Waals surface area contributed by atoms with E-state index in [1.165, 1.54) is 0 Å². The maximum absolute atomic E-state index is 9.54. The topological polar surface area (TPSA) is 75.3 Å². The van der Waals surface area contributed by atoms with Crippen molar-refractivity contribution in [3.8, 4) is 0 Å². The molecule has 1 aliphatic heterocycles. The summed E-state index contributed by atoms with van der Waals surface area (Å²) in [5.41, 5.74) is 5.63. The third-order valence-electron chi connectivity index (χ3n) is 2.38. The molecule has 15 heavy (non-hydrogen) atoms. The van der Waals surface area contributed by atoms with Crippen LogP contribution in [0.1, 0.15) is 12.8 Å². The van der Waals surface area contributed by atoms with Crippen LogP contribution in [0.2, 0.25) is 0 Å². The molecule has 2 rings (SSSR count). The van der Waals surface area contributed by atoms with Gasteiger partial charge in [0.05, 0.1) is 6.10 Å². The first kappa shape index (κ1) is 10.6. The molecule has 6 heteroatoms. The Hall–Kier alpha value is -0.880. The van der Waals surface area contributed by atoms with Crippen LogP contribution in [0, 0.1) is 0 Å². The predicted molar refractivity (Wildman–Crippen MR) is 61.6 cm³/mol. The normalized spacial score (nSPS) is 21.7. The zero-order valence-corrected chi connectivity index (χ0v) is 9.81. The van der Waals surface area contributed by atoms with Gasteiger partial charge in [-0.25, -0.2) is 4.98 Å². The van der Waals surface area contributed by atoms with E-state index in [1.807, 2.05) is 4.90 Å². The number of hydrogen-bond acceptors (Lipinski definition) is 5. The van der Waals surface area contributed by atoms with E-state index in [4.69, 9.17) is 5.73 Å². The van der Waals surface area contributed by atoms with E-state index in [1.54, 1.807) is 6.07 Å². The van der Waals surface area contributed by atoms with Crippen LogP contribution in [0.5, 0.6) is 0 Å². The lowest BCUT2D eigenvalue weighted by Gasteiger charge is -2.30. The standard InChI is InChI=1S/C9H13BrN4O/c10-7-4-8(11)13-9(12-7)14-3-1-2-6(15)5-14/h4,6,15H,1-3,5H2,(H2,11,12,13). The second-order valence-corrected chi connectivity index (χ2v) is 4.47. The molecule has 0 aliphatic carbocycles. The summed E-state index contributed by atoms with van der Waals surface area (Å²) in [6.45, 7) is 1.45. The second kappa shape index (κ2) is 4.32. The minimum Gasteiger partial charge on any atom is -0.391 e.